The van der Waals surface area contributed by atoms with Crippen molar-refractivity contribution in [3.8, 4) is 0 Å². The van der Waals surface area contributed by atoms with Crippen molar-refractivity contribution in [1.82, 2.24) is 10.2 Å². The number of morpholine rings is 1. The zero-order valence-corrected chi connectivity index (χ0v) is 24.3. The van der Waals surface area contributed by atoms with Crippen molar-refractivity contribution >= 4 is 23.2 Å². The largest absolute Gasteiger partial charge is 0.379 e. The van der Waals surface area contributed by atoms with Crippen LogP contribution in [-0.4, -0.2) is 69.2 Å². The minimum Gasteiger partial charge on any atom is -0.379 e. The molecule has 0 bridgehead atoms. The summed E-state index contributed by atoms with van der Waals surface area (Å²) in [6, 6.07) is 26.8. The number of carbonyl (C=O) groups excluding carboxylic acids is 2. The van der Waals surface area contributed by atoms with Gasteiger partial charge in [-0.1, -0.05) is 60.7 Å². The molecule has 2 N–H and O–H groups in total. The van der Waals surface area contributed by atoms with Crippen molar-refractivity contribution in [2.75, 3.05) is 62.7 Å². The van der Waals surface area contributed by atoms with Crippen LogP contribution in [0, 0.1) is 11.8 Å². The van der Waals surface area contributed by atoms with Gasteiger partial charge >= 0.3 is 0 Å². The maximum Gasteiger partial charge on any atom is 0.253 e. The third-order valence-electron chi connectivity index (χ3n) is 9.00. The van der Waals surface area contributed by atoms with Crippen LogP contribution in [0.1, 0.15) is 46.7 Å². The molecule has 2 atom stereocenters. The number of hydrogen-bond donors (Lipinski definition) is 2. The Labute approximate surface area is 249 Å². The maximum atomic E-state index is 13.6. The van der Waals surface area contributed by atoms with Crippen molar-refractivity contribution in [2.24, 2.45) is 11.8 Å². The molecule has 0 spiro atoms. The van der Waals surface area contributed by atoms with E-state index in [1.165, 1.54) is 11.1 Å². The molecule has 1 aliphatic carbocycles. The SMILES string of the molecule is O=C(NCCN1CCOCC1)c1cc(NC(=O)C2CC2c2ccccc2)ccc1N1CCC(Cc2ccccc2)CC1. The second-order valence-electron chi connectivity index (χ2n) is 11.9. The zero-order valence-electron chi connectivity index (χ0n) is 24.3. The van der Waals surface area contributed by atoms with Gasteiger partial charge in [-0.15, -0.1) is 0 Å². The van der Waals surface area contributed by atoms with Gasteiger partial charge in [0.1, 0.15) is 0 Å². The van der Waals surface area contributed by atoms with Crippen molar-refractivity contribution in [3.63, 3.8) is 0 Å². The van der Waals surface area contributed by atoms with E-state index in [4.69, 9.17) is 4.74 Å². The van der Waals surface area contributed by atoms with Crippen molar-refractivity contribution < 1.29 is 14.3 Å². The van der Waals surface area contributed by atoms with E-state index in [0.29, 0.717) is 23.7 Å². The lowest BCUT2D eigenvalue weighted by Crippen LogP contribution is -2.41. The van der Waals surface area contributed by atoms with Gasteiger partial charge in [0.25, 0.3) is 5.91 Å². The Kier molecular flexibility index (Phi) is 9.16. The number of carbonyl (C=O) groups is 2. The highest BCUT2D eigenvalue weighted by molar-refractivity contribution is 6.02. The van der Waals surface area contributed by atoms with Gasteiger partial charge in [-0.05, 0) is 66.8 Å². The van der Waals surface area contributed by atoms with Gasteiger partial charge in [-0.25, -0.2) is 0 Å². The highest BCUT2D eigenvalue weighted by Gasteiger charge is 2.43. The predicted octanol–water partition coefficient (Wildman–Crippen LogP) is 4.95. The molecule has 7 heteroatoms. The van der Waals surface area contributed by atoms with E-state index in [9.17, 15) is 9.59 Å². The van der Waals surface area contributed by atoms with E-state index in [-0.39, 0.29) is 23.7 Å². The molecule has 2 unspecified atom stereocenters. The molecule has 6 rings (SSSR count). The van der Waals surface area contributed by atoms with E-state index >= 15 is 0 Å². The van der Waals surface area contributed by atoms with Crippen molar-refractivity contribution in [3.05, 3.63) is 95.6 Å². The Morgan fingerprint density at radius 2 is 1.57 bits per heavy atom. The van der Waals surface area contributed by atoms with Crippen LogP contribution in [0.2, 0.25) is 0 Å². The molecular formula is C35H42N4O3. The molecule has 3 aromatic carbocycles. The molecule has 2 heterocycles. The minimum absolute atomic E-state index is 0.0250. The van der Waals surface area contributed by atoms with Crippen molar-refractivity contribution in [2.45, 2.75) is 31.6 Å². The number of ether oxygens (including phenoxy) is 1. The number of amides is 2. The fourth-order valence-corrected chi connectivity index (χ4v) is 6.43. The summed E-state index contributed by atoms with van der Waals surface area (Å²) in [4.78, 5) is 31.4. The molecule has 3 aliphatic rings. The van der Waals surface area contributed by atoms with Gasteiger partial charge in [0.2, 0.25) is 5.91 Å². The predicted molar refractivity (Wildman–Crippen MR) is 167 cm³/mol. The van der Waals surface area contributed by atoms with Gasteiger partial charge < -0.3 is 20.3 Å². The fraction of sp³-hybridized carbons (Fsp3) is 0.429. The van der Waals surface area contributed by atoms with Crippen LogP contribution in [0.25, 0.3) is 0 Å². The summed E-state index contributed by atoms with van der Waals surface area (Å²) >= 11 is 0. The first-order chi connectivity index (χ1) is 20.6. The smallest absolute Gasteiger partial charge is 0.253 e. The number of benzene rings is 3. The van der Waals surface area contributed by atoms with Crippen LogP contribution in [0.15, 0.2) is 78.9 Å². The third kappa shape index (κ3) is 7.20. The average molecular weight is 567 g/mol. The summed E-state index contributed by atoms with van der Waals surface area (Å²) in [5.74, 6) is 0.822. The quantitative estimate of drug-likeness (QED) is 0.363. The van der Waals surface area contributed by atoms with E-state index in [1.54, 1.807) is 0 Å². The number of piperidine rings is 1. The minimum atomic E-state index is -0.0886. The monoisotopic (exact) mass is 566 g/mol. The summed E-state index contributed by atoms with van der Waals surface area (Å²) in [6.07, 6.45) is 4.14. The summed E-state index contributed by atoms with van der Waals surface area (Å²) in [5, 5.41) is 6.26. The first-order valence-corrected chi connectivity index (χ1v) is 15.5. The molecule has 3 aromatic rings. The molecule has 0 radical (unpaired) electrons. The Morgan fingerprint density at radius 1 is 0.857 bits per heavy atom. The van der Waals surface area contributed by atoms with Gasteiger partial charge in [-0.3, -0.25) is 14.5 Å². The second-order valence-corrected chi connectivity index (χ2v) is 11.9. The number of anilines is 2. The van der Waals surface area contributed by atoms with E-state index in [2.05, 4.69) is 62.9 Å². The third-order valence-corrected chi connectivity index (χ3v) is 9.00. The lowest BCUT2D eigenvalue weighted by atomic mass is 9.89. The zero-order chi connectivity index (χ0) is 28.7. The Balaban J connectivity index is 1.12. The summed E-state index contributed by atoms with van der Waals surface area (Å²) in [7, 11) is 0. The standard InChI is InChI=1S/C35H42N4O3/c40-34(36-15-18-38-19-21-42-22-20-38)32-24-29(37-35(41)31-25-30(31)28-9-5-2-6-10-28)11-12-33(32)39-16-13-27(14-17-39)23-26-7-3-1-4-8-26/h1-12,24,27,30-31H,13-23,25H2,(H,36,40)(H,37,41). The van der Waals surface area contributed by atoms with Crippen LogP contribution >= 0.6 is 0 Å². The molecule has 2 aliphatic heterocycles. The van der Waals surface area contributed by atoms with Gasteiger partial charge in [0.05, 0.1) is 18.8 Å². The second kappa shape index (κ2) is 13.5. The molecule has 3 fully saturated rings. The molecule has 2 amide bonds. The fourth-order valence-electron chi connectivity index (χ4n) is 6.43. The summed E-state index contributed by atoms with van der Waals surface area (Å²) in [5.41, 5.74) is 4.86. The van der Waals surface area contributed by atoms with Crippen LogP contribution in [0.4, 0.5) is 11.4 Å². The molecule has 220 valence electrons. The Hall–Kier alpha value is -3.68. The van der Waals surface area contributed by atoms with E-state index in [0.717, 1.165) is 77.3 Å². The molecule has 0 aromatic heterocycles. The average Bonchev–Trinajstić information content (AvgIpc) is 3.85. The Morgan fingerprint density at radius 3 is 2.31 bits per heavy atom. The molecular weight excluding hydrogens is 524 g/mol. The van der Waals surface area contributed by atoms with E-state index in [1.807, 2.05) is 36.4 Å². The topological polar surface area (TPSA) is 73.9 Å². The summed E-state index contributed by atoms with van der Waals surface area (Å²) in [6.45, 7) is 6.48. The molecule has 2 saturated heterocycles. The number of nitrogens with one attached hydrogen (secondary N) is 2. The lowest BCUT2D eigenvalue weighted by Gasteiger charge is -2.35. The highest BCUT2D eigenvalue weighted by Crippen LogP contribution is 2.48. The molecule has 7 nitrogen and oxygen atoms in total. The van der Waals surface area contributed by atoms with Crippen LogP contribution in [-0.2, 0) is 16.0 Å². The van der Waals surface area contributed by atoms with Crippen molar-refractivity contribution in [1.29, 1.82) is 0 Å². The van der Waals surface area contributed by atoms with Crippen LogP contribution in [0.3, 0.4) is 0 Å². The van der Waals surface area contributed by atoms with Gasteiger partial charge in [0.15, 0.2) is 0 Å². The lowest BCUT2D eigenvalue weighted by molar-refractivity contribution is -0.117. The highest BCUT2D eigenvalue weighted by atomic mass is 16.5. The normalized spacial score (nSPS) is 21.1. The van der Waals surface area contributed by atoms with E-state index < -0.39 is 0 Å². The molecule has 1 saturated carbocycles. The number of rotatable bonds is 10. The number of hydrogen-bond acceptors (Lipinski definition) is 5. The summed E-state index contributed by atoms with van der Waals surface area (Å²) < 4.78 is 5.45. The van der Waals surface area contributed by atoms with Crippen LogP contribution < -0.4 is 15.5 Å². The molecule has 42 heavy (non-hydrogen) atoms. The first-order valence-electron chi connectivity index (χ1n) is 15.5. The van der Waals surface area contributed by atoms with Crippen LogP contribution in [0.5, 0.6) is 0 Å². The first kappa shape index (κ1) is 28.4. The number of nitrogens with zero attached hydrogens (tertiary/aromatic N) is 2. The van der Waals surface area contributed by atoms with Gasteiger partial charge in [0, 0.05) is 56.6 Å². The Bertz CT molecular complexity index is 1330. The van der Waals surface area contributed by atoms with Gasteiger partial charge in [-0.2, -0.15) is 0 Å². The maximum absolute atomic E-state index is 13.6.